The summed E-state index contributed by atoms with van der Waals surface area (Å²) in [6, 6.07) is 13.6. The lowest BCUT2D eigenvalue weighted by molar-refractivity contribution is -0.114. The Morgan fingerprint density at radius 2 is 1.89 bits per heavy atom. The highest BCUT2D eigenvalue weighted by atomic mass is 32.1. The van der Waals surface area contributed by atoms with Gasteiger partial charge in [-0.1, -0.05) is 43.4 Å². The monoisotopic (exact) mass is 381 g/mol. The largest absolute Gasteiger partial charge is 0.352 e. The molecule has 3 aromatic rings. The zero-order valence-electron chi connectivity index (χ0n) is 15.7. The molecule has 0 aliphatic rings. The Morgan fingerprint density at radius 1 is 1.11 bits per heavy atom. The molecule has 2 aromatic carbocycles. The third-order valence-electron chi connectivity index (χ3n) is 4.14. The fourth-order valence-electron chi connectivity index (χ4n) is 2.73. The van der Waals surface area contributed by atoms with E-state index in [2.05, 4.69) is 29.5 Å². The predicted molar refractivity (Wildman–Crippen MR) is 111 cm³/mol. The first-order valence-corrected chi connectivity index (χ1v) is 9.81. The van der Waals surface area contributed by atoms with Crippen LogP contribution >= 0.6 is 11.3 Å². The van der Waals surface area contributed by atoms with Gasteiger partial charge < -0.3 is 10.6 Å². The fourth-order valence-corrected chi connectivity index (χ4v) is 3.62. The second-order valence-corrected chi connectivity index (χ2v) is 7.93. The molecule has 140 valence electrons. The van der Waals surface area contributed by atoms with E-state index in [-0.39, 0.29) is 11.8 Å². The molecule has 3 rings (SSSR count). The van der Waals surface area contributed by atoms with Crippen molar-refractivity contribution >= 4 is 38.5 Å². The first-order chi connectivity index (χ1) is 12.9. The van der Waals surface area contributed by atoms with Gasteiger partial charge in [-0.3, -0.25) is 9.59 Å². The summed E-state index contributed by atoms with van der Waals surface area (Å²) in [6.07, 6.45) is 0.961. The summed E-state index contributed by atoms with van der Waals surface area (Å²) in [5.74, 6) is 0.370. The van der Waals surface area contributed by atoms with Crippen molar-refractivity contribution in [1.29, 1.82) is 0 Å². The number of nitrogens with zero attached hydrogens (tertiary/aromatic N) is 1. The molecule has 0 saturated carbocycles. The van der Waals surface area contributed by atoms with E-state index in [0.29, 0.717) is 23.2 Å². The highest BCUT2D eigenvalue weighted by Gasteiger charge is 2.10. The average molecular weight is 382 g/mol. The van der Waals surface area contributed by atoms with Gasteiger partial charge in [-0.05, 0) is 47.7 Å². The SMILES string of the molecule is CC(=O)Nc1nc2cc(-c3cccc(C(=O)NCCC(C)C)c3)ccc2s1. The molecule has 0 fully saturated rings. The predicted octanol–water partition coefficient (Wildman–Crippen LogP) is 4.70. The number of carbonyl (C=O) groups excluding carboxylic acids is 2. The van der Waals surface area contributed by atoms with Gasteiger partial charge in [-0.2, -0.15) is 0 Å². The van der Waals surface area contributed by atoms with Crippen LogP contribution in [0.15, 0.2) is 42.5 Å². The molecule has 27 heavy (non-hydrogen) atoms. The molecule has 0 bridgehead atoms. The summed E-state index contributed by atoms with van der Waals surface area (Å²) >= 11 is 1.44. The molecular weight excluding hydrogens is 358 g/mol. The number of thiazole rings is 1. The lowest BCUT2D eigenvalue weighted by atomic mass is 10.0. The van der Waals surface area contributed by atoms with E-state index in [4.69, 9.17) is 0 Å². The quantitative estimate of drug-likeness (QED) is 0.650. The summed E-state index contributed by atoms with van der Waals surface area (Å²) in [5.41, 5.74) is 3.42. The maximum atomic E-state index is 12.4. The Labute approximate surface area is 162 Å². The normalized spacial score (nSPS) is 11.0. The smallest absolute Gasteiger partial charge is 0.251 e. The molecule has 0 saturated heterocycles. The number of nitrogens with one attached hydrogen (secondary N) is 2. The van der Waals surface area contributed by atoms with Crippen LogP contribution in [-0.2, 0) is 4.79 Å². The maximum Gasteiger partial charge on any atom is 0.251 e. The Kier molecular flexibility index (Phi) is 5.86. The second-order valence-electron chi connectivity index (χ2n) is 6.90. The summed E-state index contributed by atoms with van der Waals surface area (Å²) in [4.78, 5) is 28.0. The van der Waals surface area contributed by atoms with Crippen molar-refractivity contribution in [3.05, 3.63) is 48.0 Å². The van der Waals surface area contributed by atoms with Crippen LogP contribution in [0.4, 0.5) is 5.13 Å². The maximum absolute atomic E-state index is 12.4. The van der Waals surface area contributed by atoms with E-state index in [1.54, 1.807) is 0 Å². The number of amides is 2. The lowest BCUT2D eigenvalue weighted by Crippen LogP contribution is -2.25. The number of fused-ring (bicyclic) bond motifs is 1. The number of benzene rings is 2. The number of hydrogen-bond donors (Lipinski definition) is 2. The third-order valence-corrected chi connectivity index (χ3v) is 5.09. The standard InChI is InChI=1S/C21H23N3O2S/c1-13(2)9-10-22-20(26)17-6-4-5-15(11-17)16-7-8-19-18(12-16)24-21(27-19)23-14(3)25/h4-8,11-13H,9-10H2,1-3H3,(H,22,26)(H,23,24,25). The van der Waals surface area contributed by atoms with E-state index in [9.17, 15) is 9.59 Å². The van der Waals surface area contributed by atoms with Crippen molar-refractivity contribution < 1.29 is 9.59 Å². The Morgan fingerprint density at radius 3 is 2.63 bits per heavy atom. The molecule has 0 unspecified atom stereocenters. The number of hydrogen-bond acceptors (Lipinski definition) is 4. The van der Waals surface area contributed by atoms with E-state index in [1.807, 2.05) is 42.5 Å². The zero-order valence-corrected chi connectivity index (χ0v) is 16.5. The van der Waals surface area contributed by atoms with E-state index in [0.717, 1.165) is 27.8 Å². The van der Waals surface area contributed by atoms with Gasteiger partial charge in [0.15, 0.2) is 5.13 Å². The van der Waals surface area contributed by atoms with Crippen molar-refractivity contribution in [2.45, 2.75) is 27.2 Å². The van der Waals surface area contributed by atoms with Crippen molar-refractivity contribution in [1.82, 2.24) is 10.3 Å². The molecule has 0 atom stereocenters. The topological polar surface area (TPSA) is 71.1 Å². The van der Waals surface area contributed by atoms with Crippen LogP contribution in [0, 0.1) is 5.92 Å². The number of anilines is 1. The van der Waals surface area contributed by atoms with Crippen molar-refractivity contribution in [3.8, 4) is 11.1 Å². The Hall–Kier alpha value is -2.73. The first-order valence-electron chi connectivity index (χ1n) is 8.99. The molecule has 0 aliphatic carbocycles. The van der Waals surface area contributed by atoms with Gasteiger partial charge in [0.1, 0.15) is 0 Å². The van der Waals surface area contributed by atoms with Crippen LogP contribution in [0.25, 0.3) is 21.3 Å². The molecule has 6 heteroatoms. The minimum atomic E-state index is -0.134. The molecule has 1 heterocycles. The zero-order chi connectivity index (χ0) is 19.4. The third kappa shape index (κ3) is 4.92. The van der Waals surface area contributed by atoms with Crippen LogP contribution in [0.2, 0.25) is 0 Å². The Balaban J connectivity index is 1.81. The number of aromatic nitrogens is 1. The van der Waals surface area contributed by atoms with Crippen LogP contribution in [0.3, 0.4) is 0 Å². The highest BCUT2D eigenvalue weighted by molar-refractivity contribution is 7.22. The molecule has 2 amide bonds. The van der Waals surface area contributed by atoms with Gasteiger partial charge in [-0.25, -0.2) is 4.98 Å². The van der Waals surface area contributed by atoms with Crippen molar-refractivity contribution in [3.63, 3.8) is 0 Å². The van der Waals surface area contributed by atoms with Crippen molar-refractivity contribution in [2.75, 3.05) is 11.9 Å². The van der Waals surface area contributed by atoms with E-state index in [1.165, 1.54) is 18.3 Å². The molecular formula is C21H23N3O2S. The summed E-state index contributed by atoms with van der Waals surface area (Å²) in [6.45, 7) is 6.42. The molecule has 5 nitrogen and oxygen atoms in total. The lowest BCUT2D eigenvalue weighted by Gasteiger charge is -2.08. The van der Waals surface area contributed by atoms with Gasteiger partial charge in [0.05, 0.1) is 10.2 Å². The molecule has 0 aliphatic heterocycles. The highest BCUT2D eigenvalue weighted by Crippen LogP contribution is 2.30. The molecule has 1 aromatic heterocycles. The van der Waals surface area contributed by atoms with Crippen LogP contribution < -0.4 is 10.6 Å². The van der Waals surface area contributed by atoms with E-state index >= 15 is 0 Å². The first kappa shape index (κ1) is 19.0. The molecule has 0 radical (unpaired) electrons. The van der Waals surface area contributed by atoms with Crippen LogP contribution in [0.5, 0.6) is 0 Å². The van der Waals surface area contributed by atoms with Gasteiger partial charge >= 0.3 is 0 Å². The van der Waals surface area contributed by atoms with Crippen LogP contribution in [0.1, 0.15) is 37.6 Å². The number of rotatable bonds is 6. The minimum absolute atomic E-state index is 0.0554. The Bertz CT molecular complexity index is 978. The van der Waals surface area contributed by atoms with Crippen LogP contribution in [-0.4, -0.2) is 23.3 Å². The van der Waals surface area contributed by atoms with Gasteiger partial charge in [-0.15, -0.1) is 0 Å². The minimum Gasteiger partial charge on any atom is -0.352 e. The van der Waals surface area contributed by atoms with E-state index < -0.39 is 0 Å². The van der Waals surface area contributed by atoms with Crippen molar-refractivity contribution in [2.24, 2.45) is 5.92 Å². The summed E-state index contributed by atoms with van der Waals surface area (Å²) in [5, 5.41) is 6.28. The second kappa shape index (κ2) is 8.31. The molecule has 2 N–H and O–H groups in total. The summed E-state index contributed by atoms with van der Waals surface area (Å²) in [7, 11) is 0. The number of carbonyl (C=O) groups is 2. The fraction of sp³-hybridized carbons (Fsp3) is 0.286. The summed E-state index contributed by atoms with van der Waals surface area (Å²) < 4.78 is 1.00. The molecule has 0 spiro atoms. The van der Waals surface area contributed by atoms with Gasteiger partial charge in [0.2, 0.25) is 5.91 Å². The van der Waals surface area contributed by atoms with Gasteiger partial charge in [0, 0.05) is 19.0 Å². The average Bonchev–Trinajstić information content (AvgIpc) is 3.01. The van der Waals surface area contributed by atoms with Gasteiger partial charge in [0.25, 0.3) is 5.91 Å².